The number of halogens is 3. The number of amides is 1. The van der Waals surface area contributed by atoms with Crippen LogP contribution < -0.4 is 10.6 Å². The second-order valence-electron chi connectivity index (χ2n) is 7.75. The predicted octanol–water partition coefficient (Wildman–Crippen LogP) is 4.94. The quantitative estimate of drug-likeness (QED) is 0.396. The molecule has 32 heavy (non-hydrogen) atoms. The second kappa shape index (κ2) is 9.25. The number of anilines is 1. The topological polar surface area (TPSA) is 82.2 Å². The molecular formula is C23H22F3N5O. The van der Waals surface area contributed by atoms with Crippen molar-refractivity contribution in [1.82, 2.24) is 15.5 Å². The molecule has 1 fully saturated rings. The number of carbonyl (C=O) groups excluding carboxylic acids is 1. The number of hydrogen-bond acceptors (Lipinski definition) is 3. The van der Waals surface area contributed by atoms with Crippen molar-refractivity contribution in [2.45, 2.75) is 38.6 Å². The fourth-order valence-electron chi connectivity index (χ4n) is 3.54. The average Bonchev–Trinajstić information content (AvgIpc) is 3.44. The minimum Gasteiger partial charge on any atom is -0.309 e. The van der Waals surface area contributed by atoms with Crippen molar-refractivity contribution in [2.75, 3.05) is 5.32 Å². The zero-order valence-electron chi connectivity index (χ0n) is 17.4. The number of hydrogen-bond donors (Lipinski definition) is 3. The van der Waals surface area contributed by atoms with Crippen LogP contribution in [0.3, 0.4) is 0 Å². The van der Waals surface area contributed by atoms with E-state index in [0.717, 1.165) is 37.8 Å². The van der Waals surface area contributed by atoms with Gasteiger partial charge in [0.15, 0.2) is 17.5 Å². The number of aryl methyl sites for hydroxylation is 1. The summed E-state index contributed by atoms with van der Waals surface area (Å²) in [6, 6.07) is 9.47. The highest BCUT2D eigenvalue weighted by atomic mass is 19.2. The van der Waals surface area contributed by atoms with Crippen LogP contribution in [0.5, 0.6) is 0 Å². The first kappa shape index (κ1) is 21.6. The van der Waals surface area contributed by atoms with E-state index in [1.165, 1.54) is 12.1 Å². The van der Waals surface area contributed by atoms with Gasteiger partial charge in [-0.25, -0.2) is 18.2 Å². The van der Waals surface area contributed by atoms with Gasteiger partial charge in [-0.05, 0) is 49.6 Å². The third-order valence-corrected chi connectivity index (χ3v) is 5.36. The molecular weight excluding hydrogens is 419 g/mol. The predicted molar refractivity (Wildman–Crippen MR) is 116 cm³/mol. The van der Waals surface area contributed by atoms with E-state index in [9.17, 15) is 18.0 Å². The maximum atomic E-state index is 13.9. The Hall–Kier alpha value is -3.62. The standard InChI is InChI=1S/C23H22F3N5O/c1-13-6-7-14(10-18(13)25)20-12-21(31-30-20)28-23(27-16-4-2-3-5-16)29-22(32)15-8-9-17(24)19(26)11-15/h6-12,16H,2-5H2,1H3,(H3,27,28,29,30,31,32). The molecule has 3 aromatic rings. The van der Waals surface area contributed by atoms with Crippen LogP contribution in [-0.4, -0.2) is 28.1 Å². The van der Waals surface area contributed by atoms with E-state index in [0.29, 0.717) is 22.6 Å². The lowest BCUT2D eigenvalue weighted by Gasteiger charge is -2.12. The molecule has 1 saturated carbocycles. The van der Waals surface area contributed by atoms with Crippen molar-refractivity contribution >= 4 is 17.7 Å². The van der Waals surface area contributed by atoms with E-state index in [-0.39, 0.29) is 23.4 Å². The molecule has 1 heterocycles. The largest absolute Gasteiger partial charge is 0.309 e. The van der Waals surface area contributed by atoms with Gasteiger partial charge in [0.05, 0.1) is 11.7 Å². The molecule has 0 bridgehead atoms. The number of aromatic nitrogens is 2. The fourth-order valence-corrected chi connectivity index (χ4v) is 3.54. The van der Waals surface area contributed by atoms with Gasteiger partial charge < -0.3 is 5.32 Å². The van der Waals surface area contributed by atoms with Gasteiger partial charge >= 0.3 is 0 Å². The molecule has 2 aromatic carbocycles. The van der Waals surface area contributed by atoms with Gasteiger partial charge in [-0.3, -0.25) is 15.2 Å². The smallest absolute Gasteiger partial charge is 0.258 e. The molecule has 3 N–H and O–H groups in total. The van der Waals surface area contributed by atoms with Crippen molar-refractivity contribution < 1.29 is 18.0 Å². The second-order valence-corrected chi connectivity index (χ2v) is 7.75. The molecule has 1 aromatic heterocycles. The average molecular weight is 441 g/mol. The van der Waals surface area contributed by atoms with E-state index in [1.54, 1.807) is 25.1 Å². The van der Waals surface area contributed by atoms with Crippen LogP contribution in [0.1, 0.15) is 41.6 Å². The van der Waals surface area contributed by atoms with Gasteiger partial charge in [-0.2, -0.15) is 5.10 Å². The SMILES string of the molecule is Cc1ccc(-c2cc(NC(=NC3CCCC3)NC(=O)c3ccc(F)c(F)c3)n[nH]2)cc1F. The van der Waals surface area contributed by atoms with Crippen molar-refractivity contribution in [3.05, 3.63) is 71.0 Å². The number of nitrogens with zero attached hydrogens (tertiary/aromatic N) is 2. The van der Waals surface area contributed by atoms with Gasteiger partial charge in [-0.1, -0.05) is 25.0 Å². The minimum absolute atomic E-state index is 0.0346. The van der Waals surface area contributed by atoms with Crippen molar-refractivity contribution in [3.63, 3.8) is 0 Å². The molecule has 1 aliphatic rings. The molecule has 9 heteroatoms. The molecule has 4 rings (SSSR count). The van der Waals surface area contributed by atoms with Crippen LogP contribution in [0.25, 0.3) is 11.3 Å². The minimum atomic E-state index is -1.11. The van der Waals surface area contributed by atoms with E-state index in [1.807, 2.05) is 0 Å². The zero-order chi connectivity index (χ0) is 22.7. The molecule has 0 atom stereocenters. The monoisotopic (exact) mass is 441 g/mol. The Morgan fingerprint density at radius 2 is 1.81 bits per heavy atom. The lowest BCUT2D eigenvalue weighted by atomic mass is 10.1. The van der Waals surface area contributed by atoms with E-state index < -0.39 is 17.5 Å². The summed E-state index contributed by atoms with van der Waals surface area (Å²) in [4.78, 5) is 17.2. The lowest BCUT2D eigenvalue weighted by Crippen LogP contribution is -2.37. The molecule has 0 saturated heterocycles. The molecule has 6 nitrogen and oxygen atoms in total. The number of guanidine groups is 1. The Bertz CT molecular complexity index is 1170. The third kappa shape index (κ3) is 4.99. The molecule has 166 valence electrons. The Balaban J connectivity index is 1.54. The Kier molecular flexibility index (Phi) is 6.25. The van der Waals surface area contributed by atoms with Crippen LogP contribution in [0.4, 0.5) is 19.0 Å². The zero-order valence-corrected chi connectivity index (χ0v) is 17.4. The first-order chi connectivity index (χ1) is 15.4. The number of rotatable bonds is 4. The number of nitrogens with one attached hydrogen (secondary N) is 3. The molecule has 0 aliphatic heterocycles. The van der Waals surface area contributed by atoms with Crippen LogP contribution in [0, 0.1) is 24.4 Å². The highest BCUT2D eigenvalue weighted by molar-refractivity contribution is 6.09. The number of carbonyl (C=O) groups is 1. The summed E-state index contributed by atoms with van der Waals surface area (Å²) in [6.07, 6.45) is 3.87. The highest BCUT2D eigenvalue weighted by Gasteiger charge is 2.18. The number of aromatic amines is 1. The van der Waals surface area contributed by atoms with Gasteiger partial charge in [0.2, 0.25) is 5.96 Å². The summed E-state index contributed by atoms with van der Waals surface area (Å²) >= 11 is 0. The van der Waals surface area contributed by atoms with Gasteiger partial charge in [0, 0.05) is 17.2 Å². The third-order valence-electron chi connectivity index (χ3n) is 5.36. The number of benzene rings is 2. The fraction of sp³-hybridized carbons (Fsp3) is 0.261. The summed E-state index contributed by atoms with van der Waals surface area (Å²) in [7, 11) is 0. The van der Waals surface area contributed by atoms with Gasteiger partial charge in [-0.15, -0.1) is 0 Å². The van der Waals surface area contributed by atoms with Crippen LogP contribution in [0.2, 0.25) is 0 Å². The van der Waals surface area contributed by atoms with Crippen molar-refractivity contribution in [3.8, 4) is 11.3 Å². The maximum absolute atomic E-state index is 13.9. The normalized spacial score (nSPS) is 14.6. The summed E-state index contributed by atoms with van der Waals surface area (Å²) in [5.74, 6) is -2.58. The van der Waals surface area contributed by atoms with Crippen molar-refractivity contribution in [1.29, 1.82) is 0 Å². The molecule has 1 amide bonds. The molecule has 0 spiro atoms. The Labute approximate surface area is 183 Å². The van der Waals surface area contributed by atoms with E-state index in [4.69, 9.17) is 0 Å². The van der Waals surface area contributed by atoms with E-state index >= 15 is 0 Å². The Morgan fingerprint density at radius 1 is 1.03 bits per heavy atom. The summed E-state index contributed by atoms with van der Waals surface area (Å²) in [5, 5.41) is 12.6. The summed E-state index contributed by atoms with van der Waals surface area (Å²) in [6.45, 7) is 1.68. The van der Waals surface area contributed by atoms with Crippen LogP contribution in [0.15, 0.2) is 47.5 Å². The molecule has 1 aliphatic carbocycles. The maximum Gasteiger partial charge on any atom is 0.258 e. The first-order valence-electron chi connectivity index (χ1n) is 10.3. The van der Waals surface area contributed by atoms with Crippen LogP contribution >= 0.6 is 0 Å². The summed E-state index contributed by atoms with van der Waals surface area (Å²) < 4.78 is 40.6. The Morgan fingerprint density at radius 3 is 2.53 bits per heavy atom. The molecule has 0 unspecified atom stereocenters. The van der Waals surface area contributed by atoms with Crippen molar-refractivity contribution in [2.24, 2.45) is 4.99 Å². The van der Waals surface area contributed by atoms with Gasteiger partial charge in [0.25, 0.3) is 5.91 Å². The van der Waals surface area contributed by atoms with E-state index in [2.05, 4.69) is 25.8 Å². The summed E-state index contributed by atoms with van der Waals surface area (Å²) in [5.41, 5.74) is 1.70. The lowest BCUT2D eigenvalue weighted by molar-refractivity contribution is 0.0976. The highest BCUT2D eigenvalue weighted by Crippen LogP contribution is 2.23. The van der Waals surface area contributed by atoms with Gasteiger partial charge in [0.1, 0.15) is 5.82 Å². The van der Waals surface area contributed by atoms with Crippen LogP contribution in [-0.2, 0) is 0 Å². The first-order valence-corrected chi connectivity index (χ1v) is 10.3. The molecule has 0 radical (unpaired) electrons. The number of aliphatic imine (C=N–C) groups is 1. The number of H-pyrrole nitrogens is 1.